The van der Waals surface area contributed by atoms with Crippen LogP contribution >= 0.6 is 0 Å². The van der Waals surface area contributed by atoms with Crippen LogP contribution in [0.4, 0.5) is 4.79 Å². The fourth-order valence-corrected chi connectivity index (χ4v) is 1.94. The van der Waals surface area contributed by atoms with Crippen molar-refractivity contribution in [1.29, 1.82) is 5.26 Å². The fourth-order valence-electron chi connectivity index (χ4n) is 1.94. The molecule has 0 heterocycles. The van der Waals surface area contributed by atoms with E-state index < -0.39 is 23.6 Å². The third-order valence-corrected chi connectivity index (χ3v) is 3.19. The zero-order valence-corrected chi connectivity index (χ0v) is 14.7. The molecule has 7 nitrogen and oxygen atoms in total. The maximum absolute atomic E-state index is 12.6. The summed E-state index contributed by atoms with van der Waals surface area (Å²) in [6.45, 7) is 5.24. The number of nitrogens with one attached hydrogen (secondary N) is 1. The number of nitriles is 1. The molecule has 0 fully saturated rings. The predicted octanol–water partition coefficient (Wildman–Crippen LogP) is 1.91. The molecule has 7 heteroatoms. The molecule has 130 valence electrons. The van der Waals surface area contributed by atoms with E-state index in [2.05, 4.69) is 5.32 Å². The minimum absolute atomic E-state index is 0.294. The van der Waals surface area contributed by atoms with Gasteiger partial charge in [-0.3, -0.25) is 4.79 Å². The van der Waals surface area contributed by atoms with Crippen molar-refractivity contribution < 1.29 is 14.3 Å². The summed E-state index contributed by atoms with van der Waals surface area (Å²) in [5.41, 5.74) is 0.222. The van der Waals surface area contributed by atoms with Crippen LogP contribution in [-0.4, -0.2) is 47.8 Å². The zero-order chi connectivity index (χ0) is 18.3. The lowest BCUT2D eigenvalue weighted by molar-refractivity contribution is -0.141. The van der Waals surface area contributed by atoms with Gasteiger partial charge in [0.25, 0.3) is 5.91 Å². The summed E-state index contributed by atoms with van der Waals surface area (Å²) in [7, 11) is 2.94. The number of carbonyl (C=O) groups is 2. The highest BCUT2D eigenvalue weighted by atomic mass is 16.6. The van der Waals surface area contributed by atoms with Gasteiger partial charge < -0.3 is 10.1 Å². The van der Waals surface area contributed by atoms with Crippen molar-refractivity contribution in [2.75, 3.05) is 14.1 Å². The SMILES string of the molecule is CN(C#N)N(C)C(=O)[C@H](Cc1ccccc1)NC(=O)OC(C)(C)C. The maximum atomic E-state index is 12.6. The maximum Gasteiger partial charge on any atom is 0.408 e. The van der Waals surface area contributed by atoms with Crippen LogP contribution in [0.2, 0.25) is 0 Å². The van der Waals surface area contributed by atoms with Crippen molar-refractivity contribution in [2.24, 2.45) is 0 Å². The summed E-state index contributed by atoms with van der Waals surface area (Å²) in [6.07, 6.45) is 1.47. The highest BCUT2D eigenvalue weighted by molar-refractivity contribution is 5.85. The Balaban J connectivity index is 2.92. The fraction of sp³-hybridized carbons (Fsp3) is 0.471. The second-order valence-corrected chi connectivity index (χ2v) is 6.37. The number of alkyl carbamates (subject to hydrolysis) is 1. The van der Waals surface area contributed by atoms with Crippen LogP contribution in [0, 0.1) is 11.5 Å². The van der Waals surface area contributed by atoms with Crippen molar-refractivity contribution in [2.45, 2.75) is 38.8 Å². The van der Waals surface area contributed by atoms with Crippen molar-refractivity contribution in [3.05, 3.63) is 35.9 Å². The van der Waals surface area contributed by atoms with Gasteiger partial charge in [-0.25, -0.2) is 14.8 Å². The Labute approximate surface area is 142 Å². The first kappa shape index (κ1) is 19.3. The molecule has 1 aromatic rings. The van der Waals surface area contributed by atoms with Gasteiger partial charge in [-0.2, -0.15) is 5.26 Å². The lowest BCUT2D eigenvalue weighted by Gasteiger charge is -2.29. The molecule has 2 amide bonds. The first-order valence-corrected chi connectivity index (χ1v) is 7.58. The molecule has 0 saturated heterocycles. The number of rotatable bonds is 5. The Hall–Kier alpha value is -2.75. The molecule has 0 aromatic heterocycles. The van der Waals surface area contributed by atoms with Gasteiger partial charge in [-0.15, -0.1) is 0 Å². The number of likely N-dealkylation sites (N-methyl/N-ethyl adjacent to an activating group) is 1. The van der Waals surface area contributed by atoms with Gasteiger partial charge in [0.1, 0.15) is 11.6 Å². The summed E-state index contributed by atoms with van der Waals surface area (Å²) in [4.78, 5) is 24.7. The Kier molecular flexibility index (Phi) is 6.59. The molecule has 1 atom stereocenters. The normalized spacial score (nSPS) is 11.8. The van der Waals surface area contributed by atoms with E-state index >= 15 is 0 Å². The molecule has 0 aliphatic heterocycles. The van der Waals surface area contributed by atoms with E-state index in [-0.39, 0.29) is 0 Å². The van der Waals surface area contributed by atoms with Crippen LogP contribution in [0.3, 0.4) is 0 Å². The quantitative estimate of drug-likeness (QED) is 0.506. The van der Waals surface area contributed by atoms with E-state index in [1.54, 1.807) is 20.8 Å². The highest BCUT2D eigenvalue weighted by Crippen LogP contribution is 2.10. The Morgan fingerprint density at radius 3 is 2.33 bits per heavy atom. The van der Waals surface area contributed by atoms with E-state index in [1.165, 1.54) is 14.1 Å². The summed E-state index contributed by atoms with van der Waals surface area (Å²) < 4.78 is 5.22. The van der Waals surface area contributed by atoms with E-state index in [9.17, 15) is 9.59 Å². The smallest absolute Gasteiger partial charge is 0.408 e. The van der Waals surface area contributed by atoms with Crippen LogP contribution in [-0.2, 0) is 16.0 Å². The molecule has 0 aliphatic carbocycles. The standard InChI is InChI=1S/C17H24N4O3/c1-17(2,3)24-16(23)19-14(11-13-9-7-6-8-10-13)15(22)21(5)20(4)12-18/h6-10,14H,11H2,1-5H3,(H,19,23)/t14-/m0/s1. The monoisotopic (exact) mass is 332 g/mol. The molecular formula is C17H24N4O3. The van der Waals surface area contributed by atoms with Crippen LogP contribution < -0.4 is 5.32 Å². The van der Waals surface area contributed by atoms with Gasteiger partial charge in [0, 0.05) is 20.5 Å². The molecule has 0 spiro atoms. The Bertz CT molecular complexity index is 605. The molecule has 1 rings (SSSR count). The second-order valence-electron chi connectivity index (χ2n) is 6.37. The Morgan fingerprint density at radius 2 is 1.83 bits per heavy atom. The molecule has 0 aliphatic rings. The summed E-state index contributed by atoms with van der Waals surface area (Å²) in [6, 6.07) is 8.47. The number of hydrogen-bond acceptors (Lipinski definition) is 5. The summed E-state index contributed by atoms with van der Waals surface area (Å²) >= 11 is 0. The van der Waals surface area contributed by atoms with E-state index in [0.29, 0.717) is 6.42 Å². The van der Waals surface area contributed by atoms with E-state index in [4.69, 9.17) is 10.00 Å². The third-order valence-electron chi connectivity index (χ3n) is 3.19. The lowest BCUT2D eigenvalue weighted by atomic mass is 10.1. The number of benzene rings is 1. The van der Waals surface area contributed by atoms with Crippen molar-refractivity contribution >= 4 is 12.0 Å². The van der Waals surface area contributed by atoms with E-state index in [1.807, 2.05) is 36.5 Å². The van der Waals surface area contributed by atoms with Crippen LogP contribution in [0.5, 0.6) is 0 Å². The van der Waals surface area contributed by atoms with Gasteiger partial charge in [0.05, 0.1) is 0 Å². The average molecular weight is 332 g/mol. The van der Waals surface area contributed by atoms with Crippen LogP contribution in [0.1, 0.15) is 26.3 Å². The Morgan fingerprint density at radius 1 is 1.25 bits per heavy atom. The molecule has 0 saturated carbocycles. The molecule has 0 unspecified atom stereocenters. The minimum atomic E-state index is -0.844. The lowest BCUT2D eigenvalue weighted by Crippen LogP contribution is -2.52. The molecule has 0 radical (unpaired) electrons. The molecule has 1 aromatic carbocycles. The van der Waals surface area contributed by atoms with Gasteiger partial charge >= 0.3 is 6.09 Å². The number of nitrogens with zero attached hydrogens (tertiary/aromatic N) is 3. The van der Waals surface area contributed by atoms with Gasteiger partial charge in [0.2, 0.25) is 0 Å². The third kappa shape index (κ3) is 6.16. The number of ether oxygens (including phenoxy) is 1. The first-order valence-electron chi connectivity index (χ1n) is 7.58. The van der Waals surface area contributed by atoms with Crippen molar-refractivity contribution in [3.8, 4) is 6.19 Å². The molecule has 24 heavy (non-hydrogen) atoms. The zero-order valence-electron chi connectivity index (χ0n) is 14.7. The largest absolute Gasteiger partial charge is 0.444 e. The van der Waals surface area contributed by atoms with Gasteiger partial charge in [-0.1, -0.05) is 30.3 Å². The molecular weight excluding hydrogens is 308 g/mol. The van der Waals surface area contributed by atoms with Gasteiger partial charge in [-0.05, 0) is 26.3 Å². The first-order chi connectivity index (χ1) is 11.1. The highest BCUT2D eigenvalue weighted by Gasteiger charge is 2.28. The summed E-state index contributed by atoms with van der Waals surface area (Å²) in [5, 5.41) is 13.8. The summed E-state index contributed by atoms with van der Waals surface area (Å²) in [5.74, 6) is -0.409. The number of amides is 2. The number of carbonyl (C=O) groups excluding carboxylic acids is 2. The number of hydrazine groups is 1. The molecule has 1 N–H and O–H groups in total. The topological polar surface area (TPSA) is 85.7 Å². The predicted molar refractivity (Wildman–Crippen MR) is 89.4 cm³/mol. The van der Waals surface area contributed by atoms with E-state index in [0.717, 1.165) is 15.6 Å². The van der Waals surface area contributed by atoms with Crippen molar-refractivity contribution in [3.63, 3.8) is 0 Å². The molecule has 0 bridgehead atoms. The second kappa shape index (κ2) is 8.20. The minimum Gasteiger partial charge on any atom is -0.444 e. The van der Waals surface area contributed by atoms with Crippen LogP contribution in [0.15, 0.2) is 30.3 Å². The van der Waals surface area contributed by atoms with Crippen LogP contribution in [0.25, 0.3) is 0 Å². The number of hydrogen-bond donors (Lipinski definition) is 1. The average Bonchev–Trinajstić information content (AvgIpc) is 2.51. The van der Waals surface area contributed by atoms with Gasteiger partial charge in [0.15, 0.2) is 6.19 Å². The van der Waals surface area contributed by atoms with Crippen molar-refractivity contribution in [1.82, 2.24) is 15.3 Å².